The highest BCUT2D eigenvalue weighted by Gasteiger charge is 2.27. The monoisotopic (exact) mass is 296 g/mol. The van der Waals surface area contributed by atoms with E-state index in [1.54, 1.807) is 0 Å². The average Bonchev–Trinajstić information content (AvgIpc) is 3.09. The van der Waals surface area contributed by atoms with E-state index >= 15 is 0 Å². The van der Waals surface area contributed by atoms with Crippen LogP contribution in [0.1, 0.15) is 51.5 Å². The minimum atomic E-state index is 0.415. The van der Waals surface area contributed by atoms with Crippen LogP contribution in [0.2, 0.25) is 0 Å². The number of nitrogens with zero attached hydrogens (tertiary/aromatic N) is 3. The summed E-state index contributed by atoms with van der Waals surface area (Å²) in [5, 5.41) is 7.48. The molecule has 3 rings (SSSR count). The van der Waals surface area contributed by atoms with E-state index in [0.29, 0.717) is 12.1 Å². The number of anilines is 1. The van der Waals surface area contributed by atoms with Crippen molar-refractivity contribution < 1.29 is 4.74 Å². The lowest BCUT2D eigenvalue weighted by Gasteiger charge is -2.33. The highest BCUT2D eigenvalue weighted by Crippen LogP contribution is 2.33. The first-order valence-corrected chi connectivity index (χ1v) is 8.24. The van der Waals surface area contributed by atoms with Crippen molar-refractivity contribution in [3.8, 4) is 0 Å². The summed E-state index contributed by atoms with van der Waals surface area (Å²) in [6, 6.07) is 0.542. The third kappa shape index (κ3) is 2.76. The Morgan fingerprint density at radius 2 is 1.95 bits per heavy atom. The predicted octanol–water partition coefficient (Wildman–Crippen LogP) is 3.06. The van der Waals surface area contributed by atoms with E-state index in [4.69, 9.17) is 17.0 Å². The molecular formula is C14H24N4OS. The lowest BCUT2D eigenvalue weighted by molar-refractivity contribution is 0.0456. The zero-order valence-corrected chi connectivity index (χ0v) is 13.0. The fraction of sp³-hybridized carbons (Fsp3) is 0.857. The summed E-state index contributed by atoms with van der Waals surface area (Å²) in [4.78, 5) is 2.36. The quantitative estimate of drug-likeness (QED) is 0.867. The molecule has 1 N–H and O–H groups in total. The van der Waals surface area contributed by atoms with E-state index in [-0.39, 0.29) is 0 Å². The molecule has 2 heterocycles. The number of hydrogen-bond donors (Lipinski definition) is 1. The molecule has 0 bridgehead atoms. The lowest BCUT2D eigenvalue weighted by Crippen LogP contribution is -2.38. The molecule has 5 nitrogen and oxygen atoms in total. The molecular weight excluding hydrogens is 272 g/mol. The fourth-order valence-electron chi connectivity index (χ4n) is 3.47. The van der Waals surface area contributed by atoms with E-state index in [1.165, 1.54) is 25.7 Å². The fourth-order valence-corrected chi connectivity index (χ4v) is 3.75. The molecule has 0 spiro atoms. The highest BCUT2D eigenvalue weighted by atomic mass is 32.1. The summed E-state index contributed by atoms with van der Waals surface area (Å²) in [5.41, 5.74) is 0. The predicted molar refractivity (Wildman–Crippen MR) is 81.8 cm³/mol. The van der Waals surface area contributed by atoms with Gasteiger partial charge in [-0.2, -0.15) is 0 Å². The zero-order chi connectivity index (χ0) is 13.9. The van der Waals surface area contributed by atoms with E-state index < -0.39 is 0 Å². The molecule has 20 heavy (non-hydrogen) atoms. The van der Waals surface area contributed by atoms with Gasteiger partial charge in [0.1, 0.15) is 0 Å². The molecule has 0 radical (unpaired) electrons. The van der Waals surface area contributed by atoms with E-state index in [1.807, 2.05) is 0 Å². The molecule has 6 heteroatoms. The van der Waals surface area contributed by atoms with Crippen molar-refractivity contribution in [3.63, 3.8) is 0 Å². The van der Waals surface area contributed by atoms with Crippen LogP contribution in [0, 0.1) is 4.77 Å². The van der Waals surface area contributed by atoms with Crippen LogP contribution in [0.4, 0.5) is 5.95 Å². The summed E-state index contributed by atoms with van der Waals surface area (Å²) in [6.07, 6.45) is 7.66. The molecule has 1 aliphatic heterocycles. The van der Waals surface area contributed by atoms with Gasteiger partial charge in [-0.05, 0) is 44.8 Å². The summed E-state index contributed by atoms with van der Waals surface area (Å²) in [5.74, 6) is 1.04. The van der Waals surface area contributed by atoms with Crippen LogP contribution in [-0.2, 0) is 4.74 Å². The topological polar surface area (TPSA) is 46.1 Å². The first-order valence-electron chi connectivity index (χ1n) is 7.83. The van der Waals surface area contributed by atoms with Crippen molar-refractivity contribution in [2.75, 3.05) is 24.6 Å². The molecule has 112 valence electrons. The minimum Gasteiger partial charge on any atom is -0.378 e. The SMILES string of the molecule is CCOC1CCN(c2n[nH]c(=S)n2C2CCCC2)CC1. The highest BCUT2D eigenvalue weighted by molar-refractivity contribution is 7.71. The first-order chi connectivity index (χ1) is 9.79. The van der Waals surface area contributed by atoms with Crippen LogP contribution in [0.15, 0.2) is 0 Å². The van der Waals surface area contributed by atoms with Crippen LogP contribution in [0.25, 0.3) is 0 Å². The molecule has 0 amide bonds. The van der Waals surface area contributed by atoms with Crippen LogP contribution >= 0.6 is 12.2 Å². The second-order valence-corrected chi connectivity index (χ2v) is 6.17. The Hall–Kier alpha value is -0.880. The van der Waals surface area contributed by atoms with Gasteiger partial charge in [-0.3, -0.25) is 4.57 Å². The normalized spacial score (nSPS) is 21.8. The molecule has 0 atom stereocenters. The summed E-state index contributed by atoms with van der Waals surface area (Å²) in [7, 11) is 0. The lowest BCUT2D eigenvalue weighted by atomic mass is 10.1. The Kier molecular flexibility index (Phi) is 4.41. The van der Waals surface area contributed by atoms with Gasteiger partial charge < -0.3 is 9.64 Å². The number of H-pyrrole nitrogens is 1. The number of ether oxygens (including phenoxy) is 1. The van der Waals surface area contributed by atoms with Crippen LogP contribution < -0.4 is 4.90 Å². The Labute approximate surface area is 125 Å². The maximum absolute atomic E-state index is 5.72. The van der Waals surface area contributed by atoms with E-state index in [0.717, 1.165) is 43.3 Å². The molecule has 2 fully saturated rings. The van der Waals surface area contributed by atoms with E-state index in [2.05, 4.69) is 26.6 Å². The Balaban J connectivity index is 1.73. The summed E-state index contributed by atoms with van der Waals surface area (Å²) < 4.78 is 8.75. The third-order valence-corrected chi connectivity index (χ3v) is 4.79. The number of aromatic nitrogens is 3. The van der Waals surface area contributed by atoms with Gasteiger partial charge in [0.15, 0.2) is 4.77 Å². The number of aromatic amines is 1. The third-order valence-electron chi connectivity index (χ3n) is 4.50. The van der Waals surface area contributed by atoms with Crippen molar-refractivity contribution in [2.24, 2.45) is 0 Å². The number of rotatable bonds is 4. The zero-order valence-electron chi connectivity index (χ0n) is 12.2. The van der Waals surface area contributed by atoms with Gasteiger partial charge >= 0.3 is 0 Å². The second-order valence-electron chi connectivity index (χ2n) is 5.78. The molecule has 0 unspecified atom stereocenters. The van der Waals surface area contributed by atoms with Crippen LogP contribution in [0.5, 0.6) is 0 Å². The maximum atomic E-state index is 5.72. The van der Waals surface area contributed by atoms with Gasteiger partial charge in [-0.25, -0.2) is 5.10 Å². The molecule has 1 saturated heterocycles. The Morgan fingerprint density at radius 1 is 1.25 bits per heavy atom. The summed E-state index contributed by atoms with van der Waals surface area (Å²) in [6.45, 7) is 4.90. The maximum Gasteiger partial charge on any atom is 0.225 e. The number of piperidine rings is 1. The largest absolute Gasteiger partial charge is 0.378 e. The van der Waals surface area contributed by atoms with Crippen LogP contribution in [0.3, 0.4) is 0 Å². The Bertz CT molecular complexity index is 484. The van der Waals surface area contributed by atoms with Gasteiger partial charge in [0.2, 0.25) is 5.95 Å². The van der Waals surface area contributed by atoms with Gasteiger partial charge in [-0.15, -0.1) is 5.10 Å². The minimum absolute atomic E-state index is 0.415. The smallest absolute Gasteiger partial charge is 0.225 e. The van der Waals surface area contributed by atoms with Gasteiger partial charge in [-0.1, -0.05) is 12.8 Å². The van der Waals surface area contributed by atoms with Gasteiger partial charge in [0.25, 0.3) is 0 Å². The van der Waals surface area contributed by atoms with Crippen molar-refractivity contribution >= 4 is 18.2 Å². The number of nitrogens with one attached hydrogen (secondary N) is 1. The first kappa shape index (κ1) is 14.1. The number of hydrogen-bond acceptors (Lipinski definition) is 4. The Morgan fingerprint density at radius 3 is 2.60 bits per heavy atom. The standard InChI is InChI=1S/C14H24N4OS/c1-2-19-12-7-9-17(10-8-12)13-15-16-14(20)18(13)11-5-3-4-6-11/h11-12H,2-10H2,1H3,(H,16,20). The van der Waals surface area contributed by atoms with Crippen molar-refractivity contribution in [1.29, 1.82) is 0 Å². The molecule has 1 saturated carbocycles. The van der Waals surface area contributed by atoms with E-state index in [9.17, 15) is 0 Å². The molecule has 1 aliphatic carbocycles. The van der Waals surface area contributed by atoms with Crippen LogP contribution in [-0.4, -0.2) is 40.6 Å². The van der Waals surface area contributed by atoms with Crippen molar-refractivity contribution in [2.45, 2.75) is 57.6 Å². The van der Waals surface area contributed by atoms with Crippen molar-refractivity contribution in [1.82, 2.24) is 14.8 Å². The molecule has 2 aliphatic rings. The molecule has 1 aromatic rings. The average molecular weight is 296 g/mol. The molecule has 1 aromatic heterocycles. The molecule has 0 aromatic carbocycles. The second kappa shape index (κ2) is 6.26. The van der Waals surface area contributed by atoms with Gasteiger partial charge in [0, 0.05) is 25.7 Å². The van der Waals surface area contributed by atoms with Crippen molar-refractivity contribution in [3.05, 3.63) is 4.77 Å². The summed E-state index contributed by atoms with van der Waals surface area (Å²) >= 11 is 5.44. The van der Waals surface area contributed by atoms with Gasteiger partial charge in [0.05, 0.1) is 6.10 Å².